The summed E-state index contributed by atoms with van der Waals surface area (Å²) < 4.78 is 1.84. The number of halogens is 1. The van der Waals surface area contributed by atoms with Crippen LogP contribution in [0.4, 0.5) is 0 Å². The summed E-state index contributed by atoms with van der Waals surface area (Å²) in [5, 5.41) is 5.40. The molecule has 0 spiro atoms. The molecular formula is C22H23ClN4O. The Morgan fingerprint density at radius 1 is 1.14 bits per heavy atom. The fourth-order valence-electron chi connectivity index (χ4n) is 3.63. The van der Waals surface area contributed by atoms with Gasteiger partial charge in [-0.1, -0.05) is 54.1 Å². The monoisotopic (exact) mass is 394 g/mol. The molecule has 0 radical (unpaired) electrons. The van der Waals surface area contributed by atoms with Crippen LogP contribution < -0.4 is 5.73 Å². The highest BCUT2D eigenvalue weighted by Gasteiger charge is 2.29. The topological polar surface area (TPSA) is 64.2 Å². The lowest BCUT2D eigenvalue weighted by molar-refractivity contribution is 0.0788. The van der Waals surface area contributed by atoms with Crippen molar-refractivity contribution in [3.8, 4) is 11.3 Å². The first-order valence-electron chi connectivity index (χ1n) is 9.50. The highest BCUT2D eigenvalue weighted by Crippen LogP contribution is 2.27. The summed E-state index contributed by atoms with van der Waals surface area (Å²) in [4.78, 5) is 15.1. The van der Waals surface area contributed by atoms with Crippen molar-refractivity contribution in [1.82, 2.24) is 14.7 Å². The smallest absolute Gasteiger partial charge is 0.257 e. The van der Waals surface area contributed by atoms with E-state index in [1.807, 2.05) is 58.2 Å². The second kappa shape index (κ2) is 8.17. The normalized spacial score (nSPS) is 16.5. The van der Waals surface area contributed by atoms with E-state index in [1.165, 1.54) is 0 Å². The molecule has 144 valence electrons. The minimum absolute atomic E-state index is 0.0141. The summed E-state index contributed by atoms with van der Waals surface area (Å²) in [7, 11) is 0. The Balaban J connectivity index is 1.68. The zero-order valence-corrected chi connectivity index (χ0v) is 16.3. The molecule has 1 unspecified atom stereocenters. The first kappa shape index (κ1) is 18.7. The predicted octanol–water partition coefficient (Wildman–Crippen LogP) is 3.67. The van der Waals surface area contributed by atoms with Crippen molar-refractivity contribution in [2.75, 3.05) is 19.6 Å². The van der Waals surface area contributed by atoms with E-state index in [9.17, 15) is 4.79 Å². The molecule has 4 rings (SSSR count). The Hall–Kier alpha value is -2.63. The number of amides is 1. The summed E-state index contributed by atoms with van der Waals surface area (Å²) in [6.45, 7) is 2.67. The van der Waals surface area contributed by atoms with E-state index in [0.717, 1.165) is 24.1 Å². The highest BCUT2D eigenvalue weighted by molar-refractivity contribution is 6.30. The quantitative estimate of drug-likeness (QED) is 0.718. The molecule has 3 aromatic rings. The van der Waals surface area contributed by atoms with Gasteiger partial charge in [0.1, 0.15) is 5.69 Å². The summed E-state index contributed by atoms with van der Waals surface area (Å²) in [6.07, 6.45) is 2.81. The molecule has 2 heterocycles. The van der Waals surface area contributed by atoms with Gasteiger partial charge in [-0.3, -0.25) is 9.48 Å². The largest absolute Gasteiger partial charge is 0.338 e. The van der Waals surface area contributed by atoms with Gasteiger partial charge in [-0.25, -0.2) is 0 Å². The van der Waals surface area contributed by atoms with Crippen LogP contribution in [0.1, 0.15) is 22.3 Å². The van der Waals surface area contributed by atoms with Crippen molar-refractivity contribution < 1.29 is 4.79 Å². The third-order valence-corrected chi connectivity index (χ3v) is 5.46. The molecule has 1 amide bonds. The van der Waals surface area contributed by atoms with Crippen LogP contribution in [-0.2, 0) is 6.54 Å². The molecule has 1 aliphatic heterocycles. The molecule has 1 saturated heterocycles. The number of benzene rings is 2. The van der Waals surface area contributed by atoms with Gasteiger partial charge < -0.3 is 10.6 Å². The lowest BCUT2D eigenvalue weighted by Crippen LogP contribution is -2.30. The number of nitrogens with zero attached hydrogens (tertiary/aromatic N) is 3. The number of rotatable bonds is 5. The third-order valence-electron chi connectivity index (χ3n) is 5.20. The van der Waals surface area contributed by atoms with Crippen molar-refractivity contribution in [2.24, 2.45) is 11.7 Å². The van der Waals surface area contributed by atoms with Gasteiger partial charge in [0.25, 0.3) is 5.91 Å². The molecule has 1 fully saturated rings. The zero-order valence-electron chi connectivity index (χ0n) is 15.6. The van der Waals surface area contributed by atoms with Crippen molar-refractivity contribution >= 4 is 17.5 Å². The fraction of sp³-hybridized carbons (Fsp3) is 0.273. The van der Waals surface area contributed by atoms with Crippen LogP contribution in [-0.4, -0.2) is 40.2 Å². The molecule has 1 aliphatic rings. The van der Waals surface area contributed by atoms with Gasteiger partial charge in [-0.15, -0.1) is 0 Å². The van der Waals surface area contributed by atoms with Gasteiger partial charge in [0.05, 0.1) is 12.1 Å². The standard InChI is InChI=1S/C22H23ClN4O/c23-19-8-6-18(7-9-19)21-20(22(28)26-11-10-17(12-24)13-26)15-27(25-21)14-16-4-2-1-3-5-16/h1-9,15,17H,10-14,24H2. The number of likely N-dealkylation sites (tertiary alicyclic amines) is 1. The van der Waals surface area contributed by atoms with E-state index in [4.69, 9.17) is 22.4 Å². The number of hydrogen-bond acceptors (Lipinski definition) is 3. The third kappa shape index (κ3) is 3.96. The molecule has 0 saturated carbocycles. The number of aromatic nitrogens is 2. The second-order valence-electron chi connectivity index (χ2n) is 7.22. The number of nitrogens with two attached hydrogens (primary N) is 1. The maximum absolute atomic E-state index is 13.2. The van der Waals surface area contributed by atoms with Gasteiger partial charge >= 0.3 is 0 Å². The molecule has 1 atom stereocenters. The van der Waals surface area contributed by atoms with Crippen molar-refractivity contribution in [3.05, 3.63) is 76.9 Å². The van der Waals surface area contributed by atoms with Crippen LogP contribution in [0.2, 0.25) is 5.02 Å². The first-order valence-corrected chi connectivity index (χ1v) is 9.88. The molecular weight excluding hydrogens is 372 g/mol. The van der Waals surface area contributed by atoms with Gasteiger partial charge in [0, 0.05) is 29.9 Å². The molecule has 28 heavy (non-hydrogen) atoms. The van der Waals surface area contributed by atoms with Crippen LogP contribution in [0, 0.1) is 5.92 Å². The molecule has 0 aliphatic carbocycles. The summed E-state index contributed by atoms with van der Waals surface area (Å²) in [6, 6.07) is 17.5. The average molecular weight is 395 g/mol. The van der Waals surface area contributed by atoms with Gasteiger partial charge in [-0.05, 0) is 36.6 Å². The summed E-state index contributed by atoms with van der Waals surface area (Å²) in [5.41, 5.74) is 9.12. The Morgan fingerprint density at radius 2 is 1.89 bits per heavy atom. The van der Waals surface area contributed by atoms with Gasteiger partial charge in [0.2, 0.25) is 0 Å². The lowest BCUT2D eigenvalue weighted by atomic mass is 10.1. The molecule has 2 aromatic carbocycles. The SMILES string of the molecule is NCC1CCN(C(=O)c2cn(Cc3ccccc3)nc2-c2ccc(Cl)cc2)C1. The van der Waals surface area contributed by atoms with Crippen molar-refractivity contribution in [3.63, 3.8) is 0 Å². The Morgan fingerprint density at radius 3 is 2.57 bits per heavy atom. The minimum Gasteiger partial charge on any atom is -0.338 e. The number of hydrogen-bond donors (Lipinski definition) is 1. The number of carbonyl (C=O) groups is 1. The molecule has 1 aromatic heterocycles. The van der Waals surface area contributed by atoms with E-state index in [2.05, 4.69) is 12.1 Å². The van der Waals surface area contributed by atoms with Crippen molar-refractivity contribution in [2.45, 2.75) is 13.0 Å². The van der Waals surface area contributed by atoms with Gasteiger partial charge in [-0.2, -0.15) is 5.10 Å². The van der Waals surface area contributed by atoms with Crippen LogP contribution in [0.3, 0.4) is 0 Å². The average Bonchev–Trinajstić information content (AvgIpc) is 3.36. The maximum atomic E-state index is 13.2. The predicted molar refractivity (Wildman–Crippen MR) is 111 cm³/mol. The van der Waals surface area contributed by atoms with E-state index in [1.54, 1.807) is 0 Å². The lowest BCUT2D eigenvalue weighted by Gasteiger charge is -2.16. The van der Waals surface area contributed by atoms with Crippen LogP contribution >= 0.6 is 11.6 Å². The van der Waals surface area contributed by atoms with Crippen LogP contribution in [0.25, 0.3) is 11.3 Å². The summed E-state index contributed by atoms with van der Waals surface area (Å²) >= 11 is 6.04. The van der Waals surface area contributed by atoms with E-state index < -0.39 is 0 Å². The number of carbonyl (C=O) groups excluding carboxylic acids is 1. The van der Waals surface area contributed by atoms with Crippen molar-refractivity contribution in [1.29, 1.82) is 0 Å². The van der Waals surface area contributed by atoms with E-state index in [0.29, 0.717) is 41.8 Å². The molecule has 0 bridgehead atoms. The molecule has 6 heteroatoms. The Labute approximate surface area is 169 Å². The first-order chi connectivity index (χ1) is 13.6. The van der Waals surface area contributed by atoms with E-state index in [-0.39, 0.29) is 5.91 Å². The minimum atomic E-state index is 0.0141. The molecule has 2 N–H and O–H groups in total. The second-order valence-corrected chi connectivity index (χ2v) is 7.66. The maximum Gasteiger partial charge on any atom is 0.257 e. The fourth-order valence-corrected chi connectivity index (χ4v) is 3.76. The highest BCUT2D eigenvalue weighted by atomic mass is 35.5. The Bertz CT molecular complexity index is 952. The van der Waals surface area contributed by atoms with E-state index >= 15 is 0 Å². The van der Waals surface area contributed by atoms with Crippen LogP contribution in [0.15, 0.2) is 60.8 Å². The summed E-state index contributed by atoms with van der Waals surface area (Å²) in [5.74, 6) is 0.391. The Kier molecular flexibility index (Phi) is 5.46. The van der Waals surface area contributed by atoms with Crippen LogP contribution in [0.5, 0.6) is 0 Å². The molecule has 5 nitrogen and oxygen atoms in total. The van der Waals surface area contributed by atoms with Gasteiger partial charge in [0.15, 0.2) is 0 Å². The zero-order chi connectivity index (χ0) is 19.5.